The third-order valence-electron chi connectivity index (χ3n) is 2.49. The smallest absolute Gasteiger partial charge is 0.224 e. The normalized spacial score (nSPS) is 10.2. The van der Waals surface area contributed by atoms with Gasteiger partial charge in [-0.25, -0.2) is 9.97 Å². The van der Waals surface area contributed by atoms with E-state index in [4.69, 9.17) is 11.6 Å². The maximum atomic E-state index is 11.0. The molecule has 2 aromatic rings. The van der Waals surface area contributed by atoms with Gasteiger partial charge in [0.2, 0.25) is 5.95 Å². The number of nitrogens with zero attached hydrogens (tertiary/aromatic N) is 3. The average Bonchev–Trinajstić information content (AvgIpc) is 2.38. The molecular weight excluding hydrogens is 250 g/mol. The van der Waals surface area contributed by atoms with E-state index in [1.165, 1.54) is 0 Å². The van der Waals surface area contributed by atoms with Crippen LogP contribution in [0.3, 0.4) is 0 Å². The van der Waals surface area contributed by atoms with Crippen LogP contribution in [0.4, 0.5) is 5.95 Å². The minimum atomic E-state index is 0.531. The Balaban J connectivity index is 2.45. The zero-order valence-electron chi connectivity index (χ0n) is 10.1. The number of benzene rings is 1. The lowest BCUT2D eigenvalue weighted by atomic mass is 10.0. The molecule has 0 fully saturated rings. The summed E-state index contributed by atoms with van der Waals surface area (Å²) in [7, 11) is 3.74. The van der Waals surface area contributed by atoms with Gasteiger partial charge in [-0.3, -0.25) is 4.79 Å². The molecule has 0 N–H and O–H groups in total. The van der Waals surface area contributed by atoms with Gasteiger partial charge in [0.25, 0.3) is 0 Å². The van der Waals surface area contributed by atoms with Gasteiger partial charge in [0.15, 0.2) is 6.29 Å². The number of hydrogen-bond acceptors (Lipinski definition) is 4. The van der Waals surface area contributed by atoms with Gasteiger partial charge >= 0.3 is 0 Å². The number of anilines is 1. The van der Waals surface area contributed by atoms with E-state index in [1.807, 2.05) is 19.0 Å². The van der Waals surface area contributed by atoms with Crippen LogP contribution >= 0.6 is 11.6 Å². The van der Waals surface area contributed by atoms with Gasteiger partial charge in [-0.2, -0.15) is 0 Å². The fourth-order valence-corrected chi connectivity index (χ4v) is 1.77. The van der Waals surface area contributed by atoms with E-state index in [1.54, 1.807) is 30.6 Å². The number of carbonyl (C=O) groups excluding carboxylic acids is 1. The van der Waals surface area contributed by atoms with Crippen molar-refractivity contribution in [2.75, 3.05) is 19.0 Å². The zero-order chi connectivity index (χ0) is 13.1. The molecule has 1 heterocycles. The first kappa shape index (κ1) is 12.5. The third kappa shape index (κ3) is 2.49. The molecular formula is C13H12ClN3O. The summed E-state index contributed by atoms with van der Waals surface area (Å²) in [5.74, 6) is 0.625. The predicted octanol–water partition coefficient (Wildman–Crippen LogP) is 2.68. The summed E-state index contributed by atoms with van der Waals surface area (Å²) in [6.07, 6.45) is 4.16. The van der Waals surface area contributed by atoms with E-state index in [0.29, 0.717) is 16.5 Å². The summed E-state index contributed by atoms with van der Waals surface area (Å²) >= 11 is 5.85. The Morgan fingerprint density at radius 2 is 1.89 bits per heavy atom. The maximum absolute atomic E-state index is 11.0. The number of aldehydes is 1. The van der Waals surface area contributed by atoms with E-state index in [0.717, 1.165) is 17.4 Å². The molecule has 0 radical (unpaired) electrons. The first-order chi connectivity index (χ1) is 8.61. The first-order valence-electron chi connectivity index (χ1n) is 5.36. The van der Waals surface area contributed by atoms with Crippen LogP contribution in [0, 0.1) is 0 Å². The molecule has 1 aromatic carbocycles. The molecule has 92 valence electrons. The second-order valence-electron chi connectivity index (χ2n) is 4.02. The Morgan fingerprint density at radius 1 is 1.22 bits per heavy atom. The van der Waals surface area contributed by atoms with Gasteiger partial charge < -0.3 is 4.90 Å². The molecule has 5 heteroatoms. The molecule has 0 aliphatic rings. The van der Waals surface area contributed by atoms with Crippen molar-refractivity contribution in [2.45, 2.75) is 0 Å². The van der Waals surface area contributed by atoms with Crippen LogP contribution in [0.25, 0.3) is 11.1 Å². The quantitative estimate of drug-likeness (QED) is 0.797. The highest BCUT2D eigenvalue weighted by Gasteiger charge is 2.07. The molecule has 0 saturated carbocycles. The van der Waals surface area contributed by atoms with Crippen LogP contribution in [-0.4, -0.2) is 30.3 Å². The number of halogens is 1. The lowest BCUT2D eigenvalue weighted by Crippen LogP contribution is -2.12. The van der Waals surface area contributed by atoms with Crippen LogP contribution < -0.4 is 4.90 Å². The maximum Gasteiger partial charge on any atom is 0.224 e. The van der Waals surface area contributed by atoms with E-state index in [2.05, 4.69) is 9.97 Å². The highest BCUT2D eigenvalue weighted by molar-refractivity contribution is 6.31. The lowest BCUT2D eigenvalue weighted by molar-refractivity contribution is 0.112. The summed E-state index contributed by atoms with van der Waals surface area (Å²) < 4.78 is 0. The van der Waals surface area contributed by atoms with Crippen molar-refractivity contribution >= 4 is 23.8 Å². The van der Waals surface area contributed by atoms with Crippen LogP contribution in [0.2, 0.25) is 5.02 Å². The summed E-state index contributed by atoms with van der Waals surface area (Å²) in [6.45, 7) is 0. The van der Waals surface area contributed by atoms with Crippen LogP contribution in [-0.2, 0) is 0 Å². The molecule has 4 nitrogen and oxygen atoms in total. The van der Waals surface area contributed by atoms with Crippen molar-refractivity contribution in [3.05, 3.63) is 41.2 Å². The Morgan fingerprint density at radius 3 is 2.44 bits per heavy atom. The predicted molar refractivity (Wildman–Crippen MR) is 72.2 cm³/mol. The molecule has 1 aromatic heterocycles. The van der Waals surface area contributed by atoms with Crippen LogP contribution in [0.1, 0.15) is 10.4 Å². The van der Waals surface area contributed by atoms with E-state index < -0.39 is 0 Å². The Labute approximate surface area is 110 Å². The number of aromatic nitrogens is 2. The SMILES string of the molecule is CN(C)c1ncc(-c2ccc(Cl)cc2C=O)cn1. The fraction of sp³-hybridized carbons (Fsp3) is 0.154. The topological polar surface area (TPSA) is 46.1 Å². The van der Waals surface area contributed by atoms with Crippen molar-refractivity contribution < 1.29 is 4.79 Å². The van der Waals surface area contributed by atoms with Crippen molar-refractivity contribution in [3.8, 4) is 11.1 Å². The monoisotopic (exact) mass is 261 g/mol. The first-order valence-corrected chi connectivity index (χ1v) is 5.74. The van der Waals surface area contributed by atoms with Gasteiger partial charge in [0.05, 0.1) is 0 Å². The molecule has 0 atom stereocenters. The van der Waals surface area contributed by atoms with E-state index in [-0.39, 0.29) is 0 Å². The molecule has 0 unspecified atom stereocenters. The highest BCUT2D eigenvalue weighted by atomic mass is 35.5. The summed E-state index contributed by atoms with van der Waals surface area (Å²) in [5, 5.41) is 0.534. The number of rotatable bonds is 3. The van der Waals surface area contributed by atoms with Crippen LogP contribution in [0.15, 0.2) is 30.6 Å². The molecule has 0 aliphatic heterocycles. The minimum Gasteiger partial charge on any atom is -0.347 e. The van der Waals surface area contributed by atoms with Gasteiger partial charge in [0, 0.05) is 42.6 Å². The largest absolute Gasteiger partial charge is 0.347 e. The molecule has 0 amide bonds. The second-order valence-corrected chi connectivity index (χ2v) is 4.45. The van der Waals surface area contributed by atoms with Gasteiger partial charge in [-0.1, -0.05) is 17.7 Å². The van der Waals surface area contributed by atoms with E-state index in [9.17, 15) is 4.79 Å². The van der Waals surface area contributed by atoms with Crippen molar-refractivity contribution in [1.29, 1.82) is 0 Å². The summed E-state index contributed by atoms with van der Waals surface area (Å²) in [4.78, 5) is 21.3. The summed E-state index contributed by atoms with van der Waals surface area (Å²) in [6, 6.07) is 5.16. The van der Waals surface area contributed by atoms with Crippen molar-refractivity contribution in [2.24, 2.45) is 0 Å². The fourth-order valence-electron chi connectivity index (χ4n) is 1.59. The lowest BCUT2D eigenvalue weighted by Gasteiger charge is -2.10. The average molecular weight is 262 g/mol. The molecule has 0 saturated heterocycles. The molecule has 0 bridgehead atoms. The Kier molecular flexibility index (Phi) is 3.58. The standard InChI is InChI=1S/C13H12ClN3O/c1-17(2)13-15-6-10(7-16-13)12-4-3-11(14)5-9(12)8-18/h3-8H,1-2H3. The van der Waals surface area contributed by atoms with E-state index >= 15 is 0 Å². The molecule has 0 spiro atoms. The molecule has 18 heavy (non-hydrogen) atoms. The van der Waals surface area contributed by atoms with Gasteiger partial charge in [-0.05, 0) is 17.7 Å². The zero-order valence-corrected chi connectivity index (χ0v) is 10.8. The van der Waals surface area contributed by atoms with Gasteiger partial charge in [0.1, 0.15) is 0 Å². The Hall–Kier alpha value is -1.94. The van der Waals surface area contributed by atoms with Crippen LogP contribution in [0.5, 0.6) is 0 Å². The molecule has 2 rings (SSSR count). The number of carbonyl (C=O) groups is 1. The van der Waals surface area contributed by atoms with Gasteiger partial charge in [-0.15, -0.1) is 0 Å². The number of hydrogen-bond donors (Lipinski definition) is 0. The highest BCUT2D eigenvalue weighted by Crippen LogP contribution is 2.24. The second kappa shape index (κ2) is 5.14. The summed E-state index contributed by atoms with van der Waals surface area (Å²) in [5.41, 5.74) is 2.10. The third-order valence-corrected chi connectivity index (χ3v) is 2.72. The van der Waals surface area contributed by atoms with Crippen molar-refractivity contribution in [3.63, 3.8) is 0 Å². The Bertz CT molecular complexity index is 567. The molecule has 0 aliphatic carbocycles. The van der Waals surface area contributed by atoms with Crippen molar-refractivity contribution in [1.82, 2.24) is 9.97 Å². The minimum absolute atomic E-state index is 0.531.